The molecule has 1 aromatic carbocycles. The summed E-state index contributed by atoms with van der Waals surface area (Å²) in [6.45, 7) is 0.543. The Balaban J connectivity index is 2.19. The summed E-state index contributed by atoms with van der Waals surface area (Å²) in [5, 5.41) is 6.68. The zero-order valence-corrected chi connectivity index (χ0v) is 13.3. The SMILES string of the molecule is CNC(=O)c1sc(NCc2ccc(F)cc2)c(SC)c1N. The van der Waals surface area contributed by atoms with Gasteiger partial charge in [0.15, 0.2) is 0 Å². The number of rotatable bonds is 5. The number of nitrogens with one attached hydrogen (secondary N) is 2. The molecule has 0 aliphatic rings. The second-order valence-electron chi connectivity index (χ2n) is 4.27. The molecule has 7 heteroatoms. The Morgan fingerprint density at radius 1 is 1.38 bits per heavy atom. The van der Waals surface area contributed by atoms with Gasteiger partial charge < -0.3 is 16.4 Å². The van der Waals surface area contributed by atoms with E-state index in [1.54, 1.807) is 19.2 Å². The molecule has 0 aliphatic carbocycles. The number of hydrogen-bond acceptors (Lipinski definition) is 5. The minimum atomic E-state index is -0.258. The summed E-state index contributed by atoms with van der Waals surface area (Å²) >= 11 is 2.81. The summed E-state index contributed by atoms with van der Waals surface area (Å²) in [5.41, 5.74) is 7.47. The summed E-state index contributed by atoms with van der Waals surface area (Å²) in [5.74, 6) is -0.451. The maximum Gasteiger partial charge on any atom is 0.263 e. The molecule has 112 valence electrons. The van der Waals surface area contributed by atoms with Crippen LogP contribution in [0.3, 0.4) is 0 Å². The zero-order chi connectivity index (χ0) is 15.4. The van der Waals surface area contributed by atoms with Gasteiger partial charge >= 0.3 is 0 Å². The molecule has 2 aromatic rings. The molecule has 0 radical (unpaired) electrons. The number of nitrogen functional groups attached to an aromatic ring is 1. The van der Waals surface area contributed by atoms with Crippen LogP contribution in [0.25, 0.3) is 0 Å². The number of benzene rings is 1. The Labute approximate surface area is 130 Å². The first-order valence-electron chi connectivity index (χ1n) is 6.23. The van der Waals surface area contributed by atoms with E-state index in [1.165, 1.54) is 35.2 Å². The Hall–Kier alpha value is -1.73. The molecule has 1 heterocycles. The van der Waals surface area contributed by atoms with Crippen LogP contribution < -0.4 is 16.4 Å². The third-order valence-electron chi connectivity index (χ3n) is 2.90. The fourth-order valence-electron chi connectivity index (χ4n) is 1.81. The van der Waals surface area contributed by atoms with Crippen molar-refractivity contribution in [2.45, 2.75) is 11.4 Å². The van der Waals surface area contributed by atoms with E-state index in [4.69, 9.17) is 5.73 Å². The molecule has 2 rings (SSSR count). The number of thiophene rings is 1. The van der Waals surface area contributed by atoms with Crippen LogP contribution in [0.4, 0.5) is 15.1 Å². The van der Waals surface area contributed by atoms with Crippen molar-refractivity contribution in [3.05, 3.63) is 40.5 Å². The van der Waals surface area contributed by atoms with Crippen molar-refractivity contribution in [2.24, 2.45) is 0 Å². The molecular weight excluding hydrogens is 309 g/mol. The topological polar surface area (TPSA) is 67.2 Å². The highest BCUT2D eigenvalue weighted by atomic mass is 32.2. The van der Waals surface area contributed by atoms with Crippen LogP contribution in [0.2, 0.25) is 0 Å². The molecule has 0 saturated carbocycles. The minimum Gasteiger partial charge on any atom is -0.396 e. The van der Waals surface area contributed by atoms with Gasteiger partial charge in [0.1, 0.15) is 15.7 Å². The van der Waals surface area contributed by atoms with E-state index < -0.39 is 0 Å². The lowest BCUT2D eigenvalue weighted by Gasteiger charge is -2.06. The first kappa shape index (κ1) is 15.7. The molecule has 1 aromatic heterocycles. The first-order valence-corrected chi connectivity index (χ1v) is 8.27. The zero-order valence-electron chi connectivity index (χ0n) is 11.7. The molecule has 0 spiro atoms. The van der Waals surface area contributed by atoms with Crippen molar-refractivity contribution >= 4 is 39.7 Å². The van der Waals surface area contributed by atoms with Gasteiger partial charge in [-0.2, -0.15) is 0 Å². The average molecular weight is 325 g/mol. The molecule has 1 amide bonds. The van der Waals surface area contributed by atoms with Crippen LogP contribution in [0.1, 0.15) is 15.2 Å². The van der Waals surface area contributed by atoms with Gasteiger partial charge in [-0.25, -0.2) is 4.39 Å². The average Bonchev–Trinajstić information content (AvgIpc) is 2.82. The molecule has 0 aliphatic heterocycles. The lowest BCUT2D eigenvalue weighted by molar-refractivity contribution is 0.0968. The predicted octanol–water partition coefficient (Wildman–Crippen LogP) is 3.16. The normalized spacial score (nSPS) is 10.4. The number of carbonyl (C=O) groups is 1. The van der Waals surface area contributed by atoms with Crippen LogP contribution in [0.5, 0.6) is 0 Å². The van der Waals surface area contributed by atoms with E-state index in [2.05, 4.69) is 10.6 Å². The number of thioether (sulfide) groups is 1. The summed E-state index contributed by atoms with van der Waals surface area (Å²) in [4.78, 5) is 13.1. The van der Waals surface area contributed by atoms with Gasteiger partial charge in [-0.1, -0.05) is 12.1 Å². The quantitative estimate of drug-likeness (QED) is 0.739. The van der Waals surface area contributed by atoms with Crippen molar-refractivity contribution in [1.29, 1.82) is 0 Å². The van der Waals surface area contributed by atoms with Crippen LogP contribution in [-0.2, 0) is 6.54 Å². The number of hydrogen-bond donors (Lipinski definition) is 3. The fraction of sp³-hybridized carbons (Fsp3) is 0.214. The van der Waals surface area contributed by atoms with Crippen molar-refractivity contribution in [1.82, 2.24) is 5.32 Å². The van der Waals surface area contributed by atoms with Crippen LogP contribution in [0.15, 0.2) is 29.2 Å². The highest BCUT2D eigenvalue weighted by Crippen LogP contribution is 2.41. The first-order chi connectivity index (χ1) is 10.1. The second kappa shape index (κ2) is 6.82. The maximum absolute atomic E-state index is 12.9. The third kappa shape index (κ3) is 3.48. The Kier molecular flexibility index (Phi) is 5.08. The van der Waals surface area contributed by atoms with Crippen molar-refractivity contribution in [3.8, 4) is 0 Å². The lowest BCUT2D eigenvalue weighted by Crippen LogP contribution is -2.17. The van der Waals surface area contributed by atoms with E-state index >= 15 is 0 Å². The van der Waals surface area contributed by atoms with Crippen LogP contribution in [-0.4, -0.2) is 19.2 Å². The van der Waals surface area contributed by atoms with Crippen LogP contribution in [0, 0.1) is 5.82 Å². The van der Waals surface area contributed by atoms with Crippen molar-refractivity contribution in [2.75, 3.05) is 24.4 Å². The Morgan fingerprint density at radius 2 is 2.05 bits per heavy atom. The fourth-order valence-corrected chi connectivity index (χ4v) is 3.79. The lowest BCUT2D eigenvalue weighted by atomic mass is 10.2. The number of nitrogens with two attached hydrogens (primary N) is 1. The molecule has 0 atom stereocenters. The van der Waals surface area contributed by atoms with E-state index in [-0.39, 0.29) is 11.7 Å². The van der Waals surface area contributed by atoms with Gasteiger partial charge in [0.2, 0.25) is 0 Å². The third-order valence-corrected chi connectivity index (χ3v) is 5.03. The van der Waals surface area contributed by atoms with E-state index in [1.807, 2.05) is 6.26 Å². The van der Waals surface area contributed by atoms with Gasteiger partial charge in [0.25, 0.3) is 5.91 Å². The number of amides is 1. The summed E-state index contributed by atoms with van der Waals surface area (Å²) in [6.07, 6.45) is 1.91. The molecule has 0 fully saturated rings. The Bertz CT molecular complexity index is 640. The van der Waals surface area contributed by atoms with Gasteiger partial charge in [-0.05, 0) is 24.0 Å². The standard InChI is InChI=1S/C14H16FN3OS2/c1-17-13(19)11-10(16)12(20-2)14(21-11)18-7-8-3-5-9(15)6-4-8/h3-6,18H,7,16H2,1-2H3,(H,17,19). The number of carbonyl (C=O) groups excluding carboxylic acids is 1. The van der Waals surface area contributed by atoms with Gasteiger partial charge in [0, 0.05) is 13.6 Å². The maximum atomic E-state index is 12.9. The Morgan fingerprint density at radius 3 is 2.62 bits per heavy atom. The van der Waals surface area contributed by atoms with Gasteiger partial charge in [-0.15, -0.1) is 23.1 Å². The van der Waals surface area contributed by atoms with Crippen molar-refractivity contribution < 1.29 is 9.18 Å². The highest BCUT2D eigenvalue weighted by molar-refractivity contribution is 7.99. The highest BCUT2D eigenvalue weighted by Gasteiger charge is 2.19. The van der Waals surface area contributed by atoms with E-state index in [9.17, 15) is 9.18 Å². The predicted molar refractivity (Wildman–Crippen MR) is 87.6 cm³/mol. The minimum absolute atomic E-state index is 0.192. The summed E-state index contributed by atoms with van der Waals surface area (Å²) in [7, 11) is 1.58. The molecule has 0 bridgehead atoms. The van der Waals surface area contributed by atoms with Crippen molar-refractivity contribution in [3.63, 3.8) is 0 Å². The molecular formula is C14H16FN3OS2. The number of anilines is 2. The van der Waals surface area contributed by atoms with E-state index in [0.717, 1.165) is 15.5 Å². The second-order valence-corrected chi connectivity index (χ2v) is 6.10. The smallest absolute Gasteiger partial charge is 0.263 e. The molecule has 0 saturated heterocycles. The molecule has 4 N–H and O–H groups in total. The van der Waals surface area contributed by atoms with Gasteiger partial charge in [0.05, 0.1) is 10.6 Å². The molecule has 0 unspecified atom stereocenters. The van der Waals surface area contributed by atoms with E-state index in [0.29, 0.717) is 17.1 Å². The van der Waals surface area contributed by atoms with Gasteiger partial charge in [-0.3, -0.25) is 4.79 Å². The largest absolute Gasteiger partial charge is 0.396 e. The monoisotopic (exact) mass is 325 g/mol. The summed E-state index contributed by atoms with van der Waals surface area (Å²) in [6, 6.07) is 6.28. The summed E-state index contributed by atoms with van der Waals surface area (Å²) < 4.78 is 12.9. The molecule has 4 nitrogen and oxygen atoms in total. The number of halogens is 1. The molecule has 21 heavy (non-hydrogen) atoms. The van der Waals surface area contributed by atoms with Crippen LogP contribution >= 0.6 is 23.1 Å².